The smallest absolute Gasteiger partial charge is 0.207 e. The minimum absolute atomic E-state index is 0.00287. The summed E-state index contributed by atoms with van der Waals surface area (Å²) in [7, 11) is 0. The Labute approximate surface area is 84.1 Å². The van der Waals surface area contributed by atoms with E-state index in [4.69, 9.17) is 5.26 Å². The molecule has 1 fully saturated rings. The van der Waals surface area contributed by atoms with Gasteiger partial charge in [0.2, 0.25) is 5.92 Å². The largest absolute Gasteiger partial charge is 0.248 e. The summed E-state index contributed by atoms with van der Waals surface area (Å²) >= 11 is 0. The summed E-state index contributed by atoms with van der Waals surface area (Å²) in [6.07, 6.45) is 1.92. The molecule has 0 N–H and O–H groups in total. The molecule has 0 bridgehead atoms. The molecule has 0 heterocycles. The van der Waals surface area contributed by atoms with Crippen LogP contribution in [0.1, 0.15) is 46.0 Å². The van der Waals surface area contributed by atoms with Crippen LogP contribution in [0, 0.1) is 22.7 Å². The lowest BCUT2D eigenvalue weighted by Gasteiger charge is -2.23. The fourth-order valence-corrected chi connectivity index (χ4v) is 2.12. The lowest BCUT2D eigenvalue weighted by molar-refractivity contribution is 0.00355. The van der Waals surface area contributed by atoms with Gasteiger partial charge in [0, 0.05) is 12.8 Å². The predicted molar refractivity (Wildman–Crippen MR) is 50.9 cm³/mol. The van der Waals surface area contributed by atoms with Crippen molar-refractivity contribution in [1.29, 1.82) is 5.26 Å². The molecule has 0 aromatic rings. The van der Waals surface area contributed by atoms with Crippen LogP contribution in [0.25, 0.3) is 0 Å². The van der Waals surface area contributed by atoms with Crippen molar-refractivity contribution in [2.75, 3.05) is 0 Å². The zero-order chi connectivity index (χ0) is 10.8. The van der Waals surface area contributed by atoms with Crippen molar-refractivity contribution in [3.63, 3.8) is 0 Å². The van der Waals surface area contributed by atoms with Gasteiger partial charge in [-0.2, -0.15) is 5.26 Å². The first-order valence-corrected chi connectivity index (χ1v) is 5.20. The molecule has 1 rings (SSSR count). The molecular formula is C11H17F2N. The Balaban J connectivity index is 2.51. The van der Waals surface area contributed by atoms with Gasteiger partial charge >= 0.3 is 0 Å². The number of alkyl halides is 2. The van der Waals surface area contributed by atoms with Gasteiger partial charge in [-0.15, -0.1) is 0 Å². The van der Waals surface area contributed by atoms with Gasteiger partial charge in [0.25, 0.3) is 0 Å². The van der Waals surface area contributed by atoms with Crippen LogP contribution in [0.2, 0.25) is 0 Å². The molecule has 2 unspecified atom stereocenters. The highest BCUT2D eigenvalue weighted by Gasteiger charge is 2.41. The Kier molecular flexibility index (Phi) is 3.14. The van der Waals surface area contributed by atoms with E-state index in [2.05, 4.69) is 6.07 Å². The molecule has 0 aliphatic heterocycles. The molecular weight excluding hydrogens is 184 g/mol. The monoisotopic (exact) mass is 201 g/mol. The van der Waals surface area contributed by atoms with Crippen molar-refractivity contribution < 1.29 is 8.78 Å². The molecule has 0 saturated heterocycles. The normalized spacial score (nSPS) is 29.5. The molecule has 14 heavy (non-hydrogen) atoms. The predicted octanol–water partition coefficient (Wildman–Crippen LogP) is 3.75. The van der Waals surface area contributed by atoms with Gasteiger partial charge in [0.1, 0.15) is 0 Å². The summed E-state index contributed by atoms with van der Waals surface area (Å²) in [5, 5.41) is 8.94. The first-order valence-electron chi connectivity index (χ1n) is 5.20. The Bertz CT molecular complexity index is 244. The number of hydrogen-bond donors (Lipinski definition) is 0. The Morgan fingerprint density at radius 3 is 2.57 bits per heavy atom. The van der Waals surface area contributed by atoms with Gasteiger partial charge in [0.05, 0.1) is 11.5 Å². The number of nitriles is 1. The quantitative estimate of drug-likeness (QED) is 0.682. The lowest BCUT2D eigenvalue weighted by atomic mass is 9.79. The molecule has 0 aromatic heterocycles. The van der Waals surface area contributed by atoms with Crippen LogP contribution >= 0.6 is 0 Å². The molecule has 80 valence electrons. The summed E-state index contributed by atoms with van der Waals surface area (Å²) < 4.78 is 25.8. The van der Waals surface area contributed by atoms with Gasteiger partial charge in [-0.05, 0) is 32.1 Å². The number of nitrogens with zero attached hydrogens (tertiary/aromatic N) is 1. The Hall–Kier alpha value is -0.650. The standard InChI is InChI=1S/C11H17F2N/c1-3-10(2,8-14)6-9-4-5-11(12,13)7-9/h9H,3-7H2,1-2H3. The SMILES string of the molecule is CCC(C)(C#N)CC1CCC(F)(F)C1. The zero-order valence-electron chi connectivity index (χ0n) is 8.82. The van der Waals surface area contributed by atoms with Gasteiger partial charge in [-0.1, -0.05) is 6.92 Å². The van der Waals surface area contributed by atoms with E-state index in [9.17, 15) is 8.78 Å². The van der Waals surface area contributed by atoms with Crippen LogP contribution in [0.4, 0.5) is 8.78 Å². The second-order valence-electron chi connectivity index (χ2n) is 4.69. The molecule has 3 heteroatoms. The van der Waals surface area contributed by atoms with Crippen LogP contribution in [0.3, 0.4) is 0 Å². The second-order valence-corrected chi connectivity index (χ2v) is 4.69. The summed E-state index contributed by atoms with van der Waals surface area (Å²) in [5.74, 6) is -2.44. The van der Waals surface area contributed by atoms with Gasteiger partial charge in [0.15, 0.2) is 0 Å². The van der Waals surface area contributed by atoms with Crippen molar-refractivity contribution in [2.45, 2.75) is 51.9 Å². The molecule has 0 amide bonds. The molecule has 1 saturated carbocycles. The molecule has 1 nitrogen and oxygen atoms in total. The van der Waals surface area contributed by atoms with Gasteiger partial charge in [-0.25, -0.2) is 8.78 Å². The fraction of sp³-hybridized carbons (Fsp3) is 0.909. The van der Waals surface area contributed by atoms with Crippen LogP contribution in [0.5, 0.6) is 0 Å². The Morgan fingerprint density at radius 2 is 2.21 bits per heavy atom. The third-order valence-corrected chi connectivity index (χ3v) is 3.30. The molecule has 0 radical (unpaired) electrons. The van der Waals surface area contributed by atoms with Crippen LogP contribution in [-0.4, -0.2) is 5.92 Å². The molecule has 1 aliphatic carbocycles. The van der Waals surface area contributed by atoms with Crippen LogP contribution in [0.15, 0.2) is 0 Å². The van der Waals surface area contributed by atoms with Crippen LogP contribution < -0.4 is 0 Å². The van der Waals surface area contributed by atoms with Crippen molar-refractivity contribution in [3.05, 3.63) is 0 Å². The van der Waals surface area contributed by atoms with E-state index in [0.717, 1.165) is 6.42 Å². The van der Waals surface area contributed by atoms with Crippen molar-refractivity contribution in [2.24, 2.45) is 11.3 Å². The van der Waals surface area contributed by atoms with E-state index in [1.807, 2.05) is 13.8 Å². The third-order valence-electron chi connectivity index (χ3n) is 3.30. The molecule has 0 spiro atoms. The lowest BCUT2D eigenvalue weighted by Crippen LogP contribution is -2.18. The highest BCUT2D eigenvalue weighted by Crippen LogP contribution is 2.44. The highest BCUT2D eigenvalue weighted by molar-refractivity contribution is 4.97. The maximum atomic E-state index is 12.9. The topological polar surface area (TPSA) is 23.8 Å². The summed E-state index contributed by atoms with van der Waals surface area (Å²) in [6.45, 7) is 3.81. The average Bonchev–Trinajstić information content (AvgIpc) is 2.45. The fourth-order valence-electron chi connectivity index (χ4n) is 2.12. The summed E-state index contributed by atoms with van der Waals surface area (Å²) in [5.41, 5.74) is -0.412. The van der Waals surface area contributed by atoms with Crippen molar-refractivity contribution in [1.82, 2.24) is 0 Å². The molecule has 0 aromatic carbocycles. The summed E-state index contributed by atoms with van der Waals surface area (Å²) in [6, 6.07) is 2.24. The van der Waals surface area contributed by atoms with E-state index in [1.54, 1.807) is 0 Å². The van der Waals surface area contributed by atoms with E-state index in [-0.39, 0.29) is 18.8 Å². The minimum atomic E-state index is -2.48. The van der Waals surface area contributed by atoms with Crippen molar-refractivity contribution in [3.8, 4) is 6.07 Å². The maximum Gasteiger partial charge on any atom is 0.248 e. The Morgan fingerprint density at radius 1 is 1.57 bits per heavy atom. The molecule has 2 atom stereocenters. The van der Waals surface area contributed by atoms with E-state index in [1.165, 1.54) is 0 Å². The van der Waals surface area contributed by atoms with E-state index >= 15 is 0 Å². The first-order chi connectivity index (χ1) is 6.41. The highest BCUT2D eigenvalue weighted by atomic mass is 19.3. The van der Waals surface area contributed by atoms with Gasteiger partial charge in [-0.3, -0.25) is 0 Å². The third kappa shape index (κ3) is 2.67. The van der Waals surface area contributed by atoms with Gasteiger partial charge < -0.3 is 0 Å². The number of hydrogen-bond acceptors (Lipinski definition) is 1. The average molecular weight is 201 g/mol. The van der Waals surface area contributed by atoms with Crippen LogP contribution in [-0.2, 0) is 0 Å². The maximum absolute atomic E-state index is 12.9. The zero-order valence-corrected chi connectivity index (χ0v) is 8.82. The summed E-state index contributed by atoms with van der Waals surface area (Å²) in [4.78, 5) is 0. The number of halogens is 2. The minimum Gasteiger partial charge on any atom is -0.207 e. The van der Waals surface area contributed by atoms with E-state index < -0.39 is 11.3 Å². The second kappa shape index (κ2) is 3.84. The first kappa shape index (κ1) is 11.4. The molecule has 1 aliphatic rings. The van der Waals surface area contributed by atoms with E-state index in [0.29, 0.717) is 12.8 Å². The number of rotatable bonds is 3. The van der Waals surface area contributed by atoms with Crippen molar-refractivity contribution >= 4 is 0 Å².